The molecule has 0 fully saturated rings. The monoisotopic (exact) mass is 856 g/mol. The van der Waals surface area contributed by atoms with Crippen LogP contribution in [-0.2, 0) is 51.2 Å². The van der Waals surface area contributed by atoms with Crippen LogP contribution in [0.4, 0.5) is 0 Å². The van der Waals surface area contributed by atoms with Gasteiger partial charge in [0.05, 0.1) is 12.6 Å². The molecule has 2 aromatic carbocycles. The SMILES string of the molecule is CCSC(=O)CNC(=O)[C@H](C)NC(=O)[C@H](Cc1ccc(O)cc1)NC(=O)[C@H](CCC(=O)O)NC(=O)[C@H](CCCCN)NC(=O)[C@@H](NC(=O)[C@@H](N)Cc1ccccc1)C(C)C. The Kier molecular flexibility index (Phi) is 22.4. The summed E-state index contributed by atoms with van der Waals surface area (Å²) in [6.45, 7) is 6.59. The zero-order valence-electron chi connectivity index (χ0n) is 34.5. The number of hydrogen-bond donors (Lipinski definition) is 10. The van der Waals surface area contributed by atoms with Gasteiger partial charge < -0.3 is 53.6 Å². The van der Waals surface area contributed by atoms with E-state index in [-0.39, 0.29) is 43.2 Å². The summed E-state index contributed by atoms with van der Waals surface area (Å²) in [5.41, 5.74) is 13.2. The molecule has 0 aliphatic rings. The molecule has 0 radical (unpaired) electrons. The van der Waals surface area contributed by atoms with E-state index in [4.69, 9.17) is 11.5 Å². The minimum atomic E-state index is -1.52. The Morgan fingerprint density at radius 2 is 1.23 bits per heavy atom. The standard InChI is InChI=1S/C41H60N8O10S/c1-5-60-34(53)23-44-36(54)25(4)45-40(58)32(22-27-14-16-28(50)17-15-27)48-39(57)31(18-19-33(51)52)46-38(56)30(13-9-10-20-42)47-41(59)35(24(2)3)49-37(55)29(43)21-26-11-7-6-8-12-26/h6-8,11-12,14-17,24-25,29-32,35,50H,5,9-10,13,18-23,42-43H2,1-4H3,(H,44,54)(H,45,58)(H,46,56)(H,47,59)(H,48,57)(H,49,55)(H,51,52)/t25-,29-,30-,31-,32-,35-/m0/s1. The smallest absolute Gasteiger partial charge is 0.303 e. The Morgan fingerprint density at radius 1 is 0.667 bits per heavy atom. The van der Waals surface area contributed by atoms with Crippen molar-refractivity contribution in [1.82, 2.24) is 31.9 Å². The molecule has 19 heteroatoms. The van der Waals surface area contributed by atoms with E-state index in [0.717, 1.165) is 17.3 Å². The Morgan fingerprint density at radius 3 is 1.82 bits per heavy atom. The van der Waals surface area contributed by atoms with Crippen LogP contribution < -0.4 is 43.4 Å². The van der Waals surface area contributed by atoms with Crippen molar-refractivity contribution in [3.8, 4) is 5.75 Å². The van der Waals surface area contributed by atoms with E-state index in [9.17, 15) is 48.6 Å². The molecule has 0 heterocycles. The molecule has 0 spiro atoms. The molecule has 0 saturated carbocycles. The van der Waals surface area contributed by atoms with E-state index in [1.54, 1.807) is 20.8 Å². The Bertz CT molecular complexity index is 1750. The van der Waals surface area contributed by atoms with Crippen molar-refractivity contribution in [2.75, 3.05) is 18.8 Å². The molecule has 0 aliphatic heterocycles. The number of carboxylic acids is 1. The summed E-state index contributed by atoms with van der Waals surface area (Å²) in [5, 5.41) is 34.4. The molecule has 0 aromatic heterocycles. The highest BCUT2D eigenvalue weighted by atomic mass is 32.2. The van der Waals surface area contributed by atoms with Crippen molar-refractivity contribution in [1.29, 1.82) is 0 Å². The molecule has 2 aromatic rings. The molecule has 6 amide bonds. The summed E-state index contributed by atoms with van der Waals surface area (Å²) in [6.07, 6.45) is 0.0448. The minimum absolute atomic E-state index is 0.0526. The Hall–Kier alpha value is -5.53. The summed E-state index contributed by atoms with van der Waals surface area (Å²) >= 11 is 1.02. The number of unbranched alkanes of at least 4 members (excludes halogenated alkanes) is 1. The van der Waals surface area contributed by atoms with Crippen molar-refractivity contribution in [3.05, 3.63) is 65.7 Å². The number of rotatable bonds is 26. The first-order chi connectivity index (χ1) is 28.4. The van der Waals surface area contributed by atoms with Gasteiger partial charge in [-0.05, 0) is 80.5 Å². The van der Waals surface area contributed by atoms with Crippen LogP contribution in [0.2, 0.25) is 0 Å². The van der Waals surface area contributed by atoms with Crippen molar-refractivity contribution in [3.63, 3.8) is 0 Å². The average Bonchev–Trinajstić information content (AvgIpc) is 3.20. The van der Waals surface area contributed by atoms with E-state index in [1.165, 1.54) is 31.2 Å². The lowest BCUT2D eigenvalue weighted by Crippen LogP contribution is -2.60. The molecule has 18 nitrogen and oxygen atoms in total. The maximum Gasteiger partial charge on any atom is 0.303 e. The predicted octanol–water partition coefficient (Wildman–Crippen LogP) is -0.00570. The number of aromatic hydroxyl groups is 1. The maximum atomic E-state index is 13.9. The second kappa shape index (κ2) is 26.5. The Balaban J connectivity index is 2.31. The first-order valence-electron chi connectivity index (χ1n) is 19.9. The Labute approximate surface area is 354 Å². The summed E-state index contributed by atoms with van der Waals surface area (Å²) in [6, 6.07) is 7.50. The molecule has 0 bridgehead atoms. The lowest BCUT2D eigenvalue weighted by Gasteiger charge is -2.28. The second-order valence-corrected chi connectivity index (χ2v) is 15.9. The van der Waals surface area contributed by atoms with Gasteiger partial charge in [0.25, 0.3) is 0 Å². The number of phenols is 1. The molecule has 0 unspecified atom stereocenters. The van der Waals surface area contributed by atoms with Gasteiger partial charge in [0.15, 0.2) is 0 Å². The van der Waals surface area contributed by atoms with E-state index < -0.39 is 96.4 Å². The van der Waals surface area contributed by atoms with Crippen molar-refractivity contribution < 1.29 is 48.6 Å². The van der Waals surface area contributed by atoms with Crippen LogP contribution in [-0.4, -0.2) is 112 Å². The minimum Gasteiger partial charge on any atom is -0.508 e. The zero-order chi connectivity index (χ0) is 44.8. The van der Waals surface area contributed by atoms with E-state index in [2.05, 4.69) is 31.9 Å². The molecule has 2 rings (SSSR count). The van der Waals surface area contributed by atoms with E-state index >= 15 is 0 Å². The second-order valence-electron chi connectivity index (χ2n) is 14.6. The van der Waals surface area contributed by atoms with Gasteiger partial charge in [-0.15, -0.1) is 0 Å². The van der Waals surface area contributed by atoms with Gasteiger partial charge in [-0.2, -0.15) is 0 Å². The average molecular weight is 857 g/mol. The van der Waals surface area contributed by atoms with Gasteiger partial charge in [0.1, 0.15) is 36.0 Å². The number of carbonyl (C=O) groups excluding carboxylic acids is 7. The summed E-state index contributed by atoms with van der Waals surface area (Å²) in [5.74, 6) is -5.76. The molecular formula is C41H60N8O10S. The van der Waals surface area contributed by atoms with Crippen molar-refractivity contribution >= 4 is 58.3 Å². The molecule has 0 aliphatic carbocycles. The highest BCUT2D eigenvalue weighted by Gasteiger charge is 2.33. The topological polar surface area (TPSA) is 301 Å². The number of nitrogens with one attached hydrogen (secondary N) is 6. The molecule has 0 saturated heterocycles. The van der Waals surface area contributed by atoms with Gasteiger partial charge in [-0.1, -0.05) is 75.0 Å². The van der Waals surface area contributed by atoms with Gasteiger partial charge in [0.2, 0.25) is 40.6 Å². The van der Waals surface area contributed by atoms with Crippen molar-refractivity contribution in [2.45, 2.75) is 109 Å². The number of carboxylic acid groups (broad SMARTS) is 1. The summed E-state index contributed by atoms with van der Waals surface area (Å²) in [7, 11) is 0. The number of aliphatic carboxylic acids is 1. The third-order valence-electron chi connectivity index (χ3n) is 9.22. The van der Waals surface area contributed by atoms with Crippen LogP contribution >= 0.6 is 11.8 Å². The maximum absolute atomic E-state index is 13.9. The van der Waals surface area contributed by atoms with Gasteiger partial charge >= 0.3 is 5.97 Å². The molecule has 6 atom stereocenters. The largest absolute Gasteiger partial charge is 0.508 e. The number of carbonyl (C=O) groups is 8. The zero-order valence-corrected chi connectivity index (χ0v) is 35.3. The number of nitrogens with two attached hydrogens (primary N) is 2. The normalized spacial score (nSPS) is 14.0. The number of hydrogen-bond acceptors (Lipinski definition) is 12. The van der Waals surface area contributed by atoms with E-state index in [1.807, 2.05) is 30.3 Å². The quantitative estimate of drug-likeness (QED) is 0.0558. The fraction of sp³-hybridized carbons (Fsp3) is 0.512. The van der Waals surface area contributed by atoms with Crippen LogP contribution in [0.1, 0.15) is 70.9 Å². The predicted molar refractivity (Wildman–Crippen MR) is 226 cm³/mol. The van der Waals surface area contributed by atoms with Crippen LogP contribution in [0.5, 0.6) is 5.75 Å². The molecule has 60 heavy (non-hydrogen) atoms. The number of thioether (sulfide) groups is 1. The molecule has 330 valence electrons. The van der Waals surface area contributed by atoms with Crippen LogP contribution in [0, 0.1) is 5.92 Å². The van der Waals surface area contributed by atoms with Gasteiger partial charge in [-0.25, -0.2) is 0 Å². The highest BCUT2D eigenvalue weighted by molar-refractivity contribution is 8.13. The number of benzene rings is 2. The van der Waals surface area contributed by atoms with Crippen LogP contribution in [0.3, 0.4) is 0 Å². The summed E-state index contributed by atoms with van der Waals surface area (Å²) < 4.78 is 0. The summed E-state index contributed by atoms with van der Waals surface area (Å²) in [4.78, 5) is 104. The number of phenolic OH excluding ortho intramolecular Hbond substituents is 1. The fourth-order valence-electron chi connectivity index (χ4n) is 5.84. The first kappa shape index (κ1) is 50.6. The fourth-order valence-corrected chi connectivity index (χ4v) is 6.34. The third-order valence-corrected chi connectivity index (χ3v) is 9.97. The lowest BCUT2D eigenvalue weighted by atomic mass is 10.00. The van der Waals surface area contributed by atoms with Gasteiger partial charge in [-0.3, -0.25) is 38.4 Å². The lowest BCUT2D eigenvalue weighted by molar-refractivity contribution is -0.138. The third kappa shape index (κ3) is 18.6. The number of amides is 6. The van der Waals surface area contributed by atoms with Crippen LogP contribution in [0.25, 0.3) is 0 Å². The van der Waals surface area contributed by atoms with Crippen molar-refractivity contribution in [2.24, 2.45) is 17.4 Å². The van der Waals surface area contributed by atoms with Crippen LogP contribution in [0.15, 0.2) is 54.6 Å². The first-order valence-corrected chi connectivity index (χ1v) is 20.9. The molecular weight excluding hydrogens is 797 g/mol. The molecule has 12 N–H and O–H groups in total. The van der Waals surface area contributed by atoms with Gasteiger partial charge in [0, 0.05) is 12.8 Å². The highest BCUT2D eigenvalue weighted by Crippen LogP contribution is 2.13. The van der Waals surface area contributed by atoms with E-state index in [0.29, 0.717) is 24.2 Å².